The van der Waals surface area contributed by atoms with Gasteiger partial charge in [-0.1, -0.05) is 37.3 Å². The number of pyridine rings is 1. The van der Waals surface area contributed by atoms with Crippen molar-refractivity contribution in [3.63, 3.8) is 0 Å². The number of allylic oxidation sites excluding steroid dienone is 1. The molecule has 6 heteroatoms. The normalized spacial score (nSPS) is 17.0. The quantitative estimate of drug-likeness (QED) is 0.650. The molecule has 0 amide bonds. The van der Waals surface area contributed by atoms with Gasteiger partial charge in [-0.05, 0) is 59.7 Å². The Bertz CT molecular complexity index is 1160. The lowest BCUT2D eigenvalue weighted by Gasteiger charge is -2.26. The molecule has 1 aliphatic rings. The van der Waals surface area contributed by atoms with Crippen molar-refractivity contribution in [1.29, 1.82) is 0 Å². The molecule has 4 rings (SSSR count). The Kier molecular flexibility index (Phi) is 5.23. The van der Waals surface area contributed by atoms with Crippen LogP contribution in [0, 0.1) is 5.92 Å². The fraction of sp³-hybridized carbons (Fsp3) is 0.208. The number of benzene rings is 2. The van der Waals surface area contributed by atoms with Crippen molar-refractivity contribution < 1.29 is 24.5 Å². The van der Waals surface area contributed by atoms with E-state index in [-0.39, 0.29) is 6.61 Å². The summed E-state index contributed by atoms with van der Waals surface area (Å²) in [5.41, 5.74) is 4.45. The third kappa shape index (κ3) is 3.89. The fourth-order valence-corrected chi connectivity index (χ4v) is 3.99. The maximum absolute atomic E-state index is 12.1. The Morgan fingerprint density at radius 3 is 2.53 bits per heavy atom. The summed E-state index contributed by atoms with van der Waals surface area (Å²) in [5, 5.41) is 19.3. The van der Waals surface area contributed by atoms with Gasteiger partial charge in [-0.3, -0.25) is 0 Å². The van der Waals surface area contributed by atoms with Gasteiger partial charge in [0, 0.05) is 5.39 Å². The van der Waals surface area contributed by atoms with E-state index in [9.17, 15) is 14.7 Å². The number of fused-ring (bicyclic) bond motifs is 2. The third-order valence-electron chi connectivity index (χ3n) is 5.22. The standard InChI is InChI=1S/C24H21NO5/c1-14-10-16(12-15-6-8-17(9-7-15)30-13-21(26)27)23-19(11-14)22(24(28)29)18-4-2-3-5-20(18)25-23/h2-9,12,14H,10-11,13H2,1H3,(H,26,27)(H,28,29)/b16-12+. The number of aliphatic carboxylic acids is 1. The first kappa shape index (κ1) is 19.6. The molecule has 152 valence electrons. The molecule has 2 aromatic carbocycles. The Morgan fingerprint density at radius 1 is 1.10 bits per heavy atom. The van der Waals surface area contributed by atoms with E-state index in [1.807, 2.05) is 42.5 Å². The lowest BCUT2D eigenvalue weighted by Crippen LogP contribution is -2.17. The molecule has 6 nitrogen and oxygen atoms in total. The Balaban J connectivity index is 1.78. The van der Waals surface area contributed by atoms with E-state index in [4.69, 9.17) is 14.8 Å². The zero-order chi connectivity index (χ0) is 21.3. The number of aromatic nitrogens is 1. The van der Waals surface area contributed by atoms with Gasteiger partial charge >= 0.3 is 11.9 Å². The number of nitrogens with zero attached hydrogens (tertiary/aromatic N) is 1. The monoisotopic (exact) mass is 403 g/mol. The zero-order valence-electron chi connectivity index (χ0n) is 16.5. The van der Waals surface area contributed by atoms with E-state index < -0.39 is 11.9 Å². The largest absolute Gasteiger partial charge is 0.482 e. The molecule has 0 radical (unpaired) electrons. The Morgan fingerprint density at radius 2 is 1.83 bits per heavy atom. The van der Waals surface area contributed by atoms with Gasteiger partial charge in [-0.15, -0.1) is 0 Å². The topological polar surface area (TPSA) is 96.7 Å². The summed E-state index contributed by atoms with van der Waals surface area (Å²) in [6.45, 7) is 1.72. The van der Waals surface area contributed by atoms with Gasteiger partial charge in [-0.25, -0.2) is 14.6 Å². The minimum absolute atomic E-state index is 0.294. The second-order valence-electron chi connectivity index (χ2n) is 7.57. The fourth-order valence-electron chi connectivity index (χ4n) is 3.99. The number of aromatic carboxylic acids is 1. The molecule has 1 unspecified atom stereocenters. The van der Waals surface area contributed by atoms with E-state index in [0.717, 1.165) is 28.8 Å². The van der Waals surface area contributed by atoms with Crippen LogP contribution in [-0.2, 0) is 11.2 Å². The van der Waals surface area contributed by atoms with E-state index in [1.165, 1.54) is 0 Å². The van der Waals surface area contributed by atoms with Crippen LogP contribution in [0.15, 0.2) is 48.5 Å². The van der Waals surface area contributed by atoms with Crippen molar-refractivity contribution in [2.75, 3.05) is 6.61 Å². The predicted molar refractivity (Wildman–Crippen MR) is 114 cm³/mol. The summed E-state index contributed by atoms with van der Waals surface area (Å²) in [6.07, 6.45) is 3.49. The number of hydrogen-bond donors (Lipinski definition) is 2. The lowest BCUT2D eigenvalue weighted by molar-refractivity contribution is -0.139. The molecular weight excluding hydrogens is 382 g/mol. The summed E-state index contributed by atoms with van der Waals surface area (Å²) in [4.78, 5) is 27.6. The molecule has 0 bridgehead atoms. The number of hydrogen-bond acceptors (Lipinski definition) is 4. The minimum Gasteiger partial charge on any atom is -0.482 e. The Hall–Kier alpha value is -3.67. The summed E-state index contributed by atoms with van der Waals surface area (Å²) in [5.74, 6) is -1.18. The van der Waals surface area contributed by atoms with Crippen LogP contribution in [0.5, 0.6) is 5.75 Å². The number of rotatable bonds is 5. The highest BCUT2D eigenvalue weighted by molar-refractivity contribution is 6.05. The van der Waals surface area contributed by atoms with E-state index in [1.54, 1.807) is 12.1 Å². The van der Waals surface area contributed by atoms with Crippen LogP contribution in [0.1, 0.15) is 40.5 Å². The second kappa shape index (κ2) is 7.99. The van der Waals surface area contributed by atoms with E-state index in [0.29, 0.717) is 34.6 Å². The molecule has 3 aromatic rings. The van der Waals surface area contributed by atoms with Crippen molar-refractivity contribution in [2.24, 2.45) is 5.92 Å². The highest BCUT2D eigenvalue weighted by atomic mass is 16.5. The summed E-state index contributed by atoms with van der Waals surface area (Å²) in [7, 11) is 0. The van der Waals surface area contributed by atoms with Gasteiger partial charge in [-0.2, -0.15) is 0 Å². The van der Waals surface area contributed by atoms with E-state index in [2.05, 4.69) is 6.92 Å². The number of carboxylic acid groups (broad SMARTS) is 2. The molecular formula is C24H21NO5. The number of carboxylic acids is 2. The van der Waals surface area contributed by atoms with Gasteiger partial charge in [0.2, 0.25) is 0 Å². The van der Waals surface area contributed by atoms with Gasteiger partial charge < -0.3 is 14.9 Å². The summed E-state index contributed by atoms with van der Waals surface area (Å²) >= 11 is 0. The highest BCUT2D eigenvalue weighted by Crippen LogP contribution is 2.38. The maximum atomic E-state index is 12.1. The molecule has 1 heterocycles. The van der Waals surface area contributed by atoms with Crippen molar-refractivity contribution in [2.45, 2.75) is 19.8 Å². The lowest BCUT2D eigenvalue weighted by atomic mass is 9.80. The van der Waals surface area contributed by atoms with Crippen LogP contribution in [0.2, 0.25) is 0 Å². The number of ether oxygens (including phenoxy) is 1. The average molecular weight is 403 g/mol. The van der Waals surface area contributed by atoms with Crippen molar-refractivity contribution in [3.05, 3.63) is 70.9 Å². The maximum Gasteiger partial charge on any atom is 0.341 e. The van der Waals surface area contributed by atoms with Gasteiger partial charge in [0.15, 0.2) is 6.61 Å². The molecule has 1 aromatic heterocycles. The number of para-hydroxylation sites is 1. The first-order chi connectivity index (χ1) is 14.4. The molecule has 0 fully saturated rings. The molecule has 30 heavy (non-hydrogen) atoms. The summed E-state index contributed by atoms with van der Waals surface area (Å²) < 4.78 is 5.18. The smallest absolute Gasteiger partial charge is 0.341 e. The van der Waals surface area contributed by atoms with Crippen LogP contribution in [-0.4, -0.2) is 33.7 Å². The average Bonchev–Trinajstić information content (AvgIpc) is 2.71. The van der Waals surface area contributed by atoms with Gasteiger partial charge in [0.05, 0.1) is 16.8 Å². The van der Waals surface area contributed by atoms with Crippen molar-refractivity contribution in [1.82, 2.24) is 4.98 Å². The molecule has 0 spiro atoms. The molecule has 1 atom stereocenters. The minimum atomic E-state index is -1.03. The molecule has 0 aliphatic heterocycles. The highest BCUT2D eigenvalue weighted by Gasteiger charge is 2.27. The Labute approximate surface area is 173 Å². The molecule has 0 saturated carbocycles. The van der Waals surface area contributed by atoms with Gasteiger partial charge in [0.1, 0.15) is 5.75 Å². The third-order valence-corrected chi connectivity index (χ3v) is 5.22. The first-order valence-corrected chi connectivity index (χ1v) is 9.73. The molecule has 0 saturated heterocycles. The van der Waals surface area contributed by atoms with Crippen molar-refractivity contribution >= 4 is 34.5 Å². The molecule has 1 aliphatic carbocycles. The second-order valence-corrected chi connectivity index (χ2v) is 7.57. The van der Waals surface area contributed by atoms with Crippen LogP contribution in [0.3, 0.4) is 0 Å². The van der Waals surface area contributed by atoms with Crippen molar-refractivity contribution in [3.8, 4) is 5.75 Å². The van der Waals surface area contributed by atoms with E-state index >= 15 is 0 Å². The zero-order valence-corrected chi connectivity index (χ0v) is 16.5. The van der Waals surface area contributed by atoms with Crippen LogP contribution >= 0.6 is 0 Å². The molecule has 2 N–H and O–H groups in total. The van der Waals surface area contributed by atoms with Gasteiger partial charge in [0.25, 0.3) is 0 Å². The number of carbonyl (C=O) groups is 2. The first-order valence-electron chi connectivity index (χ1n) is 9.73. The van der Waals surface area contributed by atoms with Crippen LogP contribution < -0.4 is 4.74 Å². The summed E-state index contributed by atoms with van der Waals surface area (Å²) in [6, 6.07) is 14.5. The van der Waals surface area contributed by atoms with Crippen LogP contribution in [0.25, 0.3) is 22.6 Å². The van der Waals surface area contributed by atoms with Crippen LogP contribution in [0.4, 0.5) is 0 Å². The predicted octanol–water partition coefficient (Wildman–Crippen LogP) is 4.52. The SMILES string of the molecule is CC1C/C(=C\c2ccc(OCC(=O)O)cc2)c2nc3ccccc3c(C(=O)O)c2C1.